The minimum Gasteiger partial charge on any atom is -0.481 e. The maximum absolute atomic E-state index is 12.7. The van der Waals surface area contributed by atoms with Gasteiger partial charge in [0, 0.05) is 25.2 Å². The highest BCUT2D eigenvalue weighted by Crippen LogP contribution is 2.24. The first-order chi connectivity index (χ1) is 10.8. The van der Waals surface area contributed by atoms with Gasteiger partial charge in [0.05, 0.1) is 12.7 Å². The lowest BCUT2D eigenvalue weighted by atomic mass is 9.93. The summed E-state index contributed by atoms with van der Waals surface area (Å²) in [7, 11) is 1.31. The molecule has 0 spiro atoms. The van der Waals surface area contributed by atoms with E-state index in [1.807, 2.05) is 0 Å². The zero-order valence-corrected chi connectivity index (χ0v) is 13.6. The molecule has 23 heavy (non-hydrogen) atoms. The van der Waals surface area contributed by atoms with E-state index < -0.39 is 11.9 Å². The van der Waals surface area contributed by atoms with Crippen LogP contribution in [0.5, 0.6) is 0 Å². The van der Waals surface area contributed by atoms with E-state index in [1.165, 1.54) is 7.11 Å². The van der Waals surface area contributed by atoms with Crippen molar-refractivity contribution < 1.29 is 24.2 Å². The van der Waals surface area contributed by atoms with Gasteiger partial charge in [-0.05, 0) is 38.2 Å². The van der Waals surface area contributed by atoms with Crippen molar-refractivity contribution in [1.82, 2.24) is 9.88 Å². The van der Waals surface area contributed by atoms with Gasteiger partial charge >= 0.3 is 11.9 Å². The molecule has 0 aliphatic carbocycles. The van der Waals surface area contributed by atoms with Crippen LogP contribution in [0.15, 0.2) is 0 Å². The summed E-state index contributed by atoms with van der Waals surface area (Å²) in [6.45, 7) is 4.51. The Kier molecular flexibility index (Phi) is 5.08. The van der Waals surface area contributed by atoms with Gasteiger partial charge in [0.15, 0.2) is 0 Å². The minimum absolute atomic E-state index is 0.119. The summed E-state index contributed by atoms with van der Waals surface area (Å²) >= 11 is 0. The van der Waals surface area contributed by atoms with Gasteiger partial charge < -0.3 is 19.7 Å². The predicted molar refractivity (Wildman–Crippen MR) is 82.5 cm³/mol. The Balaban J connectivity index is 2.10. The molecule has 1 saturated heterocycles. The molecule has 2 rings (SSSR count). The summed E-state index contributed by atoms with van der Waals surface area (Å²) in [5.41, 5.74) is 2.00. The predicted octanol–water partition coefficient (Wildman–Crippen LogP) is 1.75. The third-order valence-electron chi connectivity index (χ3n) is 4.41. The van der Waals surface area contributed by atoms with E-state index in [-0.39, 0.29) is 18.2 Å². The largest absolute Gasteiger partial charge is 0.481 e. The Morgan fingerprint density at radius 2 is 1.87 bits per heavy atom. The lowest BCUT2D eigenvalue weighted by molar-refractivity contribution is -0.138. The number of aliphatic carboxylic acids is 1. The molecule has 0 bridgehead atoms. The number of aromatic amines is 1. The summed E-state index contributed by atoms with van der Waals surface area (Å²) < 4.78 is 4.75. The van der Waals surface area contributed by atoms with E-state index in [1.54, 1.807) is 18.7 Å². The maximum Gasteiger partial charge on any atom is 0.339 e. The van der Waals surface area contributed by atoms with Crippen molar-refractivity contribution in [3.63, 3.8) is 0 Å². The van der Waals surface area contributed by atoms with Crippen LogP contribution in [0.4, 0.5) is 0 Å². The van der Waals surface area contributed by atoms with Crippen molar-refractivity contribution in [2.24, 2.45) is 5.92 Å². The van der Waals surface area contributed by atoms with Gasteiger partial charge in [0.2, 0.25) is 0 Å². The molecule has 7 heteroatoms. The van der Waals surface area contributed by atoms with Crippen molar-refractivity contribution in [3.8, 4) is 0 Å². The second-order valence-electron chi connectivity index (χ2n) is 5.95. The monoisotopic (exact) mass is 322 g/mol. The van der Waals surface area contributed by atoms with Crippen LogP contribution in [0.1, 0.15) is 51.4 Å². The minimum atomic E-state index is -0.798. The number of carboxylic acid groups (broad SMARTS) is 1. The first-order valence-corrected chi connectivity index (χ1v) is 7.63. The molecule has 1 amide bonds. The van der Waals surface area contributed by atoms with Crippen LogP contribution in [-0.4, -0.2) is 53.0 Å². The molecule has 1 aliphatic rings. The second kappa shape index (κ2) is 6.85. The van der Waals surface area contributed by atoms with E-state index in [9.17, 15) is 14.4 Å². The number of hydrogen-bond donors (Lipinski definition) is 2. The normalized spacial score (nSPS) is 15.5. The number of methoxy groups -OCH3 is 1. The molecule has 0 unspecified atom stereocenters. The first-order valence-electron chi connectivity index (χ1n) is 7.63. The lowest BCUT2D eigenvalue weighted by Gasteiger charge is -2.31. The fraction of sp³-hybridized carbons (Fsp3) is 0.562. The molecule has 2 heterocycles. The number of aryl methyl sites for hydroxylation is 1. The molecule has 0 aromatic carbocycles. The molecule has 1 aromatic rings. The Morgan fingerprint density at radius 1 is 1.26 bits per heavy atom. The Labute approximate surface area is 134 Å². The van der Waals surface area contributed by atoms with E-state index >= 15 is 0 Å². The highest BCUT2D eigenvalue weighted by atomic mass is 16.5. The molecule has 7 nitrogen and oxygen atoms in total. The maximum atomic E-state index is 12.7. The lowest BCUT2D eigenvalue weighted by Crippen LogP contribution is -2.39. The number of carbonyl (C=O) groups is 3. The summed E-state index contributed by atoms with van der Waals surface area (Å²) in [4.78, 5) is 39.9. The van der Waals surface area contributed by atoms with Crippen LogP contribution in [0, 0.1) is 19.8 Å². The van der Waals surface area contributed by atoms with E-state index in [0.717, 1.165) is 0 Å². The van der Waals surface area contributed by atoms with Crippen molar-refractivity contribution in [3.05, 3.63) is 22.5 Å². The van der Waals surface area contributed by atoms with Gasteiger partial charge in [-0.1, -0.05) is 0 Å². The van der Waals surface area contributed by atoms with Crippen molar-refractivity contribution in [2.75, 3.05) is 20.2 Å². The zero-order chi connectivity index (χ0) is 17.1. The van der Waals surface area contributed by atoms with Gasteiger partial charge in [-0.15, -0.1) is 0 Å². The number of rotatable bonds is 4. The van der Waals surface area contributed by atoms with Crippen LogP contribution in [0.2, 0.25) is 0 Å². The number of hydrogen-bond acceptors (Lipinski definition) is 4. The number of esters is 1. The fourth-order valence-electron chi connectivity index (χ4n) is 3.12. The van der Waals surface area contributed by atoms with Gasteiger partial charge in [-0.3, -0.25) is 9.59 Å². The third-order valence-corrected chi connectivity index (χ3v) is 4.41. The number of ether oxygens (including phenoxy) is 1. The quantitative estimate of drug-likeness (QED) is 0.823. The molecule has 1 fully saturated rings. The van der Waals surface area contributed by atoms with Crippen molar-refractivity contribution in [2.45, 2.75) is 33.1 Å². The number of amides is 1. The molecule has 0 radical (unpaired) electrons. The Bertz CT molecular complexity index is 627. The Morgan fingerprint density at radius 3 is 2.39 bits per heavy atom. The van der Waals surface area contributed by atoms with Gasteiger partial charge in [-0.25, -0.2) is 4.79 Å². The summed E-state index contributed by atoms with van der Waals surface area (Å²) in [6, 6.07) is 0. The number of nitrogens with zero attached hydrogens (tertiary/aromatic N) is 1. The van der Waals surface area contributed by atoms with Gasteiger partial charge in [0.25, 0.3) is 5.91 Å². The van der Waals surface area contributed by atoms with Crippen LogP contribution in [0.25, 0.3) is 0 Å². The molecule has 2 N–H and O–H groups in total. The number of likely N-dealkylation sites (tertiary alicyclic amines) is 1. The average molecular weight is 322 g/mol. The number of carbonyl (C=O) groups excluding carboxylic acids is 2. The highest BCUT2D eigenvalue weighted by molar-refractivity contribution is 6.00. The Hall–Kier alpha value is -2.31. The standard InChI is InChI=1S/C16H22N2O5/c1-9-13(16(22)23-3)10(2)17-14(9)15(21)18-6-4-11(5-7-18)8-12(19)20/h11,17H,4-8H2,1-3H3,(H,19,20). The number of aromatic nitrogens is 1. The topological polar surface area (TPSA) is 99.7 Å². The van der Waals surface area contributed by atoms with Gasteiger partial charge in [0.1, 0.15) is 5.69 Å². The zero-order valence-electron chi connectivity index (χ0n) is 13.6. The van der Waals surface area contributed by atoms with E-state index in [0.29, 0.717) is 48.4 Å². The molecule has 0 saturated carbocycles. The summed E-state index contributed by atoms with van der Waals surface area (Å²) in [5.74, 6) is -1.30. The van der Waals surface area contributed by atoms with Crippen molar-refractivity contribution >= 4 is 17.8 Å². The summed E-state index contributed by atoms with van der Waals surface area (Å²) in [5, 5.41) is 8.83. The second-order valence-corrected chi connectivity index (χ2v) is 5.95. The molecule has 0 atom stereocenters. The average Bonchev–Trinajstić information content (AvgIpc) is 2.81. The molecule has 1 aliphatic heterocycles. The van der Waals surface area contributed by atoms with Crippen LogP contribution >= 0.6 is 0 Å². The fourth-order valence-corrected chi connectivity index (χ4v) is 3.12. The molecular weight excluding hydrogens is 300 g/mol. The van der Waals surface area contributed by atoms with Crippen LogP contribution < -0.4 is 0 Å². The van der Waals surface area contributed by atoms with E-state index in [2.05, 4.69) is 4.98 Å². The number of H-pyrrole nitrogens is 1. The number of carboxylic acids is 1. The third kappa shape index (κ3) is 3.55. The highest BCUT2D eigenvalue weighted by Gasteiger charge is 2.29. The van der Waals surface area contributed by atoms with Crippen molar-refractivity contribution in [1.29, 1.82) is 0 Å². The number of nitrogens with one attached hydrogen (secondary N) is 1. The molecule has 1 aromatic heterocycles. The summed E-state index contributed by atoms with van der Waals surface area (Å²) in [6.07, 6.45) is 1.51. The van der Waals surface area contributed by atoms with Gasteiger partial charge in [-0.2, -0.15) is 0 Å². The molecular formula is C16H22N2O5. The number of piperidine rings is 1. The van der Waals surface area contributed by atoms with Crippen LogP contribution in [0.3, 0.4) is 0 Å². The SMILES string of the molecule is COC(=O)c1c(C)[nH]c(C(=O)N2CCC(CC(=O)O)CC2)c1C. The molecule has 126 valence electrons. The van der Waals surface area contributed by atoms with Crippen LogP contribution in [-0.2, 0) is 9.53 Å². The van der Waals surface area contributed by atoms with E-state index in [4.69, 9.17) is 9.84 Å². The smallest absolute Gasteiger partial charge is 0.339 e. The first kappa shape index (κ1) is 17.1.